The topological polar surface area (TPSA) is 183 Å². The van der Waals surface area contributed by atoms with E-state index < -0.39 is 24.3 Å². The molecule has 9 rings (SSSR count). The molecule has 4 aliphatic rings. The molecule has 4 amide bonds. The van der Waals surface area contributed by atoms with E-state index in [0.29, 0.717) is 29.7 Å². The molecular formula is C50H55ClN8O7. The molecule has 6 atom stereocenters. The molecule has 0 saturated carbocycles. The molecule has 15 nitrogen and oxygen atoms in total. The molecule has 0 radical (unpaired) electrons. The Morgan fingerprint density at radius 1 is 0.894 bits per heavy atom. The average molecular weight is 915 g/mol. The Morgan fingerprint density at radius 3 is 2.36 bits per heavy atom. The monoisotopic (exact) mass is 914 g/mol. The van der Waals surface area contributed by atoms with Crippen molar-refractivity contribution in [1.29, 1.82) is 0 Å². The number of carbonyl (C=O) groups is 4. The first kappa shape index (κ1) is 44.6. The predicted octanol–water partition coefficient (Wildman–Crippen LogP) is 8.82. The van der Waals surface area contributed by atoms with Gasteiger partial charge in [-0.05, 0) is 79.5 Å². The molecule has 6 heterocycles. The van der Waals surface area contributed by atoms with Crippen LogP contribution in [0.5, 0.6) is 5.75 Å². The fraction of sp³-hybridized carbons (Fsp3) is 0.400. The highest BCUT2D eigenvalue weighted by Gasteiger charge is 2.40. The van der Waals surface area contributed by atoms with Crippen LogP contribution in [0.4, 0.5) is 9.59 Å². The largest absolute Gasteiger partial charge is 0.480 e. The van der Waals surface area contributed by atoms with Crippen LogP contribution in [0.2, 0.25) is 5.02 Å². The van der Waals surface area contributed by atoms with Crippen LogP contribution in [-0.2, 0) is 19.1 Å². The second-order valence-electron chi connectivity index (χ2n) is 18.0. The maximum Gasteiger partial charge on any atom is 0.407 e. The van der Waals surface area contributed by atoms with Gasteiger partial charge >= 0.3 is 12.2 Å². The Morgan fingerprint density at radius 2 is 1.62 bits per heavy atom. The number of aromatic amines is 2. The number of alkyl carbamates (subject to hydrolysis) is 2. The first-order valence-electron chi connectivity index (χ1n) is 22.7. The van der Waals surface area contributed by atoms with Crippen molar-refractivity contribution in [2.75, 3.05) is 33.9 Å². The van der Waals surface area contributed by atoms with Gasteiger partial charge < -0.3 is 44.6 Å². The van der Waals surface area contributed by atoms with Crippen LogP contribution in [0, 0.1) is 17.8 Å². The van der Waals surface area contributed by atoms with Gasteiger partial charge in [-0.25, -0.2) is 14.6 Å². The summed E-state index contributed by atoms with van der Waals surface area (Å²) >= 11 is 6.41. The van der Waals surface area contributed by atoms with Crippen molar-refractivity contribution >= 4 is 57.9 Å². The van der Waals surface area contributed by atoms with Crippen LogP contribution < -0.4 is 15.4 Å². The minimum absolute atomic E-state index is 0.108. The van der Waals surface area contributed by atoms with Crippen LogP contribution in [0.15, 0.2) is 77.9 Å². The number of fused-ring (bicyclic) bond motifs is 5. The number of nitrogens with one attached hydrogen (secondary N) is 4. The van der Waals surface area contributed by atoms with Gasteiger partial charge in [0.2, 0.25) is 11.8 Å². The summed E-state index contributed by atoms with van der Waals surface area (Å²) in [4.78, 5) is 72.0. The summed E-state index contributed by atoms with van der Waals surface area (Å²) in [5.74, 6) is 1.20. The van der Waals surface area contributed by atoms with Gasteiger partial charge in [-0.15, -0.1) is 0 Å². The quantitative estimate of drug-likeness (QED) is 0.107. The number of aliphatic imine (C=N–C) groups is 1. The Balaban J connectivity index is 1.04. The van der Waals surface area contributed by atoms with Gasteiger partial charge in [-0.3, -0.25) is 14.6 Å². The highest BCUT2D eigenvalue weighted by molar-refractivity contribution is 6.30. The zero-order valence-electron chi connectivity index (χ0n) is 37.9. The number of ether oxygens (including phenoxy) is 3. The Hall–Kier alpha value is -6.61. The molecule has 0 bridgehead atoms. The van der Waals surface area contributed by atoms with E-state index in [9.17, 15) is 19.2 Å². The lowest BCUT2D eigenvalue weighted by atomic mass is 9.83. The molecule has 5 aromatic rings. The Bertz CT molecular complexity index is 2760. The third-order valence-corrected chi connectivity index (χ3v) is 13.9. The maximum absolute atomic E-state index is 13.8. The summed E-state index contributed by atoms with van der Waals surface area (Å²) in [5, 5.41) is 6.87. The zero-order chi connectivity index (χ0) is 46.4. The van der Waals surface area contributed by atoms with Crippen LogP contribution in [0.1, 0.15) is 88.0 Å². The molecule has 16 heteroatoms. The lowest BCUT2D eigenvalue weighted by Crippen LogP contribution is -2.51. The number of allylic oxidation sites excluding steroid dienone is 1. The Kier molecular flexibility index (Phi) is 12.4. The fourth-order valence-electron chi connectivity index (χ4n) is 9.93. The van der Waals surface area contributed by atoms with E-state index in [1.165, 1.54) is 14.2 Å². The molecule has 344 valence electrons. The molecule has 0 spiro atoms. The van der Waals surface area contributed by atoms with Gasteiger partial charge in [0.25, 0.3) is 0 Å². The number of hydrogen-bond donors (Lipinski definition) is 4. The second kappa shape index (κ2) is 18.3. The van der Waals surface area contributed by atoms with E-state index in [-0.39, 0.29) is 48.2 Å². The van der Waals surface area contributed by atoms with E-state index in [0.717, 1.165) is 87.2 Å². The van der Waals surface area contributed by atoms with Crippen molar-refractivity contribution in [3.05, 3.63) is 100 Å². The first-order valence-corrected chi connectivity index (χ1v) is 23.1. The fourth-order valence-corrected chi connectivity index (χ4v) is 10.1. The number of likely N-dealkylation sites (tertiary alicyclic amines) is 2. The van der Waals surface area contributed by atoms with Crippen LogP contribution in [0.3, 0.4) is 0 Å². The molecule has 66 heavy (non-hydrogen) atoms. The number of hydrogen-bond acceptors (Lipinski definition) is 9. The van der Waals surface area contributed by atoms with Gasteiger partial charge in [-0.1, -0.05) is 69.6 Å². The van der Waals surface area contributed by atoms with Crippen LogP contribution in [0.25, 0.3) is 39.1 Å². The molecule has 0 aliphatic carbocycles. The molecule has 2 saturated heterocycles. The number of aromatic nitrogens is 3. The van der Waals surface area contributed by atoms with Crippen molar-refractivity contribution in [3.63, 3.8) is 0 Å². The lowest BCUT2D eigenvalue weighted by molar-refractivity contribution is -0.135. The van der Waals surface area contributed by atoms with Crippen molar-refractivity contribution < 1.29 is 33.4 Å². The summed E-state index contributed by atoms with van der Waals surface area (Å²) in [5.41, 5.74) is 9.16. The standard InChI is InChI=1S/C50H55ClN8O7/c1-26(2)43(57-50(63)65-6)48(61)59-20-8-10-39(59)47-52-24-37(56-47)30-14-18-35-34(22-30)42-45(54-35)33-17-13-31(23-40(33)66-46(42)29-11-15-32(51)16-12-29)36-21-27(3)28(4)44(55-36)38-9-7-19-58(38)41(60)25-53-49(62)64-5/h11-18,21-24,26-28,38-39,43,46,54H,7-10,19-20,25H2,1-6H3,(H,52,56)(H,53,62)(H,57,63). The van der Waals surface area contributed by atoms with E-state index in [1.54, 1.807) is 0 Å². The number of rotatable bonds is 10. The van der Waals surface area contributed by atoms with Gasteiger partial charge in [0, 0.05) is 62.9 Å². The SMILES string of the molecule is COC(=O)NCC(=O)N1CCCC1C1=NC(c2ccc3c(c2)OC(c2ccc(Cl)cc2)c2c-3[nH]c3ccc(-c4cnc(C5CCCN5C(=O)C(NC(=O)OC)C(C)C)[nH]4)cc23)=CC(C)C1C. The minimum atomic E-state index is -0.725. The molecule has 4 aliphatic heterocycles. The third-order valence-electron chi connectivity index (χ3n) is 13.6. The van der Waals surface area contributed by atoms with Gasteiger partial charge in [0.15, 0.2) is 6.10 Å². The van der Waals surface area contributed by atoms with Crippen molar-refractivity contribution in [2.24, 2.45) is 22.7 Å². The lowest BCUT2D eigenvalue weighted by Gasteiger charge is -2.33. The minimum Gasteiger partial charge on any atom is -0.480 e. The van der Waals surface area contributed by atoms with Gasteiger partial charge in [-0.2, -0.15) is 0 Å². The number of carbonyl (C=O) groups excluding carboxylic acids is 4. The number of methoxy groups -OCH3 is 2. The van der Waals surface area contributed by atoms with Crippen molar-refractivity contribution in [2.45, 2.75) is 77.6 Å². The summed E-state index contributed by atoms with van der Waals surface area (Å²) < 4.78 is 16.5. The molecule has 3 aromatic carbocycles. The third kappa shape index (κ3) is 8.40. The van der Waals surface area contributed by atoms with E-state index in [2.05, 4.69) is 81.7 Å². The summed E-state index contributed by atoms with van der Waals surface area (Å²) in [6, 6.07) is 19.1. The summed E-state index contributed by atoms with van der Waals surface area (Å²) in [6.07, 6.45) is 5.45. The Labute approximate surface area is 388 Å². The molecule has 4 N–H and O–H groups in total. The summed E-state index contributed by atoms with van der Waals surface area (Å²) in [6.45, 7) is 9.17. The smallest absolute Gasteiger partial charge is 0.407 e. The zero-order valence-corrected chi connectivity index (χ0v) is 38.7. The highest BCUT2D eigenvalue weighted by atomic mass is 35.5. The van der Waals surface area contributed by atoms with E-state index in [4.69, 9.17) is 31.1 Å². The second-order valence-corrected chi connectivity index (χ2v) is 18.4. The van der Waals surface area contributed by atoms with Gasteiger partial charge in [0.1, 0.15) is 24.2 Å². The van der Waals surface area contributed by atoms with Gasteiger partial charge in [0.05, 0.1) is 49.6 Å². The molecule has 2 aromatic heterocycles. The predicted molar refractivity (Wildman–Crippen MR) is 252 cm³/mol. The molecule has 6 unspecified atom stereocenters. The number of benzene rings is 3. The number of amides is 4. The van der Waals surface area contributed by atoms with E-state index in [1.807, 2.05) is 54.1 Å². The number of imidazole rings is 1. The molecular weight excluding hydrogens is 860 g/mol. The highest BCUT2D eigenvalue weighted by Crippen LogP contribution is 2.49. The van der Waals surface area contributed by atoms with Crippen molar-refractivity contribution in [1.82, 2.24) is 35.4 Å². The maximum atomic E-state index is 13.8. The number of halogens is 1. The average Bonchev–Trinajstić information content (AvgIpc) is 4.17. The number of nitrogens with zero attached hydrogens (tertiary/aromatic N) is 4. The van der Waals surface area contributed by atoms with E-state index >= 15 is 0 Å². The normalized spacial score (nSPS) is 21.7. The van der Waals surface area contributed by atoms with Crippen LogP contribution in [-0.4, -0.2) is 100 Å². The summed E-state index contributed by atoms with van der Waals surface area (Å²) in [7, 11) is 2.57. The van der Waals surface area contributed by atoms with Crippen molar-refractivity contribution in [3.8, 4) is 28.3 Å². The van der Waals surface area contributed by atoms with Crippen LogP contribution >= 0.6 is 11.6 Å². The number of H-pyrrole nitrogens is 2. The first-order chi connectivity index (χ1) is 31.8. The molecule has 2 fully saturated rings.